The molecule has 0 spiro atoms. The summed E-state index contributed by atoms with van der Waals surface area (Å²) in [4.78, 5) is 4.63. The smallest absolute Gasteiger partial charge is 0.191 e. The molecule has 0 aromatic carbocycles. The first-order valence-electron chi connectivity index (χ1n) is 8.70. The molecule has 120 valence electrons. The Kier molecular flexibility index (Phi) is 7.65. The topological polar surface area (TPSA) is 45.7 Å². The van der Waals surface area contributed by atoms with Crippen LogP contribution in [-0.4, -0.2) is 37.8 Å². The van der Waals surface area contributed by atoms with Crippen LogP contribution in [0.1, 0.15) is 58.3 Å². The van der Waals surface area contributed by atoms with Crippen molar-refractivity contribution in [2.45, 2.75) is 70.4 Å². The summed E-state index contributed by atoms with van der Waals surface area (Å²) in [7, 11) is 0. The maximum atomic E-state index is 5.99. The molecule has 0 aromatic heterocycles. The van der Waals surface area contributed by atoms with Gasteiger partial charge in [-0.2, -0.15) is 0 Å². The predicted molar refractivity (Wildman–Crippen MR) is 88.7 cm³/mol. The van der Waals surface area contributed by atoms with E-state index in [0.717, 1.165) is 38.5 Å². The van der Waals surface area contributed by atoms with E-state index in [1.807, 2.05) is 0 Å². The van der Waals surface area contributed by atoms with E-state index in [0.29, 0.717) is 12.1 Å². The second-order valence-corrected chi connectivity index (χ2v) is 6.03. The summed E-state index contributed by atoms with van der Waals surface area (Å²) in [5, 5.41) is 6.80. The SMILES string of the molecule is CCNC(=NCCOC1CCCCCC1)NC1CC=CC1. The highest BCUT2D eigenvalue weighted by Crippen LogP contribution is 2.19. The lowest BCUT2D eigenvalue weighted by Crippen LogP contribution is -2.42. The summed E-state index contributed by atoms with van der Waals surface area (Å²) in [6, 6.07) is 0.505. The number of aliphatic imine (C=N–C) groups is 1. The minimum absolute atomic E-state index is 0.470. The van der Waals surface area contributed by atoms with E-state index >= 15 is 0 Å². The van der Waals surface area contributed by atoms with Crippen LogP contribution in [0.3, 0.4) is 0 Å². The molecule has 0 atom stereocenters. The molecule has 0 heterocycles. The van der Waals surface area contributed by atoms with Crippen LogP contribution in [0.2, 0.25) is 0 Å². The van der Waals surface area contributed by atoms with Gasteiger partial charge in [-0.1, -0.05) is 37.8 Å². The molecule has 0 aliphatic heterocycles. The van der Waals surface area contributed by atoms with Crippen molar-refractivity contribution in [3.63, 3.8) is 0 Å². The lowest BCUT2D eigenvalue weighted by molar-refractivity contribution is 0.0487. The normalized spacial score (nSPS) is 21.5. The van der Waals surface area contributed by atoms with Crippen LogP contribution < -0.4 is 10.6 Å². The number of hydrogen-bond acceptors (Lipinski definition) is 2. The maximum absolute atomic E-state index is 5.99. The van der Waals surface area contributed by atoms with Crippen molar-refractivity contribution in [2.24, 2.45) is 4.99 Å². The van der Waals surface area contributed by atoms with Gasteiger partial charge in [-0.05, 0) is 32.6 Å². The molecule has 0 bridgehead atoms. The molecule has 0 unspecified atom stereocenters. The van der Waals surface area contributed by atoms with Crippen molar-refractivity contribution in [3.05, 3.63) is 12.2 Å². The fourth-order valence-electron chi connectivity index (χ4n) is 3.03. The number of hydrogen-bond donors (Lipinski definition) is 2. The monoisotopic (exact) mass is 293 g/mol. The fraction of sp³-hybridized carbons (Fsp3) is 0.824. The zero-order chi connectivity index (χ0) is 14.8. The summed E-state index contributed by atoms with van der Waals surface area (Å²) in [6.07, 6.45) is 15.0. The molecule has 21 heavy (non-hydrogen) atoms. The van der Waals surface area contributed by atoms with Gasteiger partial charge in [0.1, 0.15) is 0 Å². The predicted octanol–water partition coefficient (Wildman–Crippen LogP) is 3.00. The fourth-order valence-corrected chi connectivity index (χ4v) is 3.03. The van der Waals surface area contributed by atoms with Crippen molar-refractivity contribution in [1.29, 1.82) is 0 Å². The largest absolute Gasteiger partial charge is 0.376 e. The van der Waals surface area contributed by atoms with E-state index in [9.17, 15) is 0 Å². The van der Waals surface area contributed by atoms with Gasteiger partial charge in [0, 0.05) is 12.6 Å². The maximum Gasteiger partial charge on any atom is 0.191 e. The molecule has 2 aliphatic rings. The third-order valence-corrected chi connectivity index (χ3v) is 4.21. The summed E-state index contributed by atoms with van der Waals surface area (Å²) in [5.41, 5.74) is 0. The van der Waals surface area contributed by atoms with E-state index in [-0.39, 0.29) is 0 Å². The van der Waals surface area contributed by atoms with Gasteiger partial charge in [-0.25, -0.2) is 0 Å². The lowest BCUT2D eigenvalue weighted by atomic mass is 10.1. The third kappa shape index (κ3) is 6.51. The minimum Gasteiger partial charge on any atom is -0.376 e. The molecule has 2 rings (SSSR count). The van der Waals surface area contributed by atoms with Gasteiger partial charge in [-0.3, -0.25) is 4.99 Å². The Labute approximate surface area is 129 Å². The number of guanidine groups is 1. The highest BCUT2D eigenvalue weighted by Gasteiger charge is 2.13. The van der Waals surface area contributed by atoms with Gasteiger partial charge in [-0.15, -0.1) is 0 Å². The van der Waals surface area contributed by atoms with Gasteiger partial charge in [0.25, 0.3) is 0 Å². The van der Waals surface area contributed by atoms with Crippen molar-refractivity contribution >= 4 is 5.96 Å². The first-order valence-corrected chi connectivity index (χ1v) is 8.70. The Morgan fingerprint density at radius 3 is 2.52 bits per heavy atom. The van der Waals surface area contributed by atoms with E-state index in [1.54, 1.807) is 0 Å². The molecule has 1 fully saturated rings. The number of rotatable bonds is 6. The van der Waals surface area contributed by atoms with Crippen LogP contribution in [-0.2, 0) is 4.74 Å². The van der Waals surface area contributed by atoms with Crippen LogP contribution in [0.25, 0.3) is 0 Å². The molecule has 0 amide bonds. The van der Waals surface area contributed by atoms with Crippen LogP contribution in [0, 0.1) is 0 Å². The number of ether oxygens (including phenoxy) is 1. The molecule has 2 aliphatic carbocycles. The van der Waals surface area contributed by atoms with Crippen LogP contribution in [0.15, 0.2) is 17.1 Å². The highest BCUT2D eigenvalue weighted by atomic mass is 16.5. The molecule has 0 aromatic rings. The number of nitrogens with zero attached hydrogens (tertiary/aromatic N) is 1. The Balaban J connectivity index is 1.66. The molecule has 4 nitrogen and oxygen atoms in total. The van der Waals surface area contributed by atoms with Gasteiger partial charge in [0.05, 0.1) is 19.3 Å². The first-order chi connectivity index (χ1) is 10.4. The van der Waals surface area contributed by atoms with Gasteiger partial charge >= 0.3 is 0 Å². The second-order valence-electron chi connectivity index (χ2n) is 6.03. The molecule has 0 saturated heterocycles. The van der Waals surface area contributed by atoms with Crippen molar-refractivity contribution in [3.8, 4) is 0 Å². The van der Waals surface area contributed by atoms with Crippen molar-refractivity contribution < 1.29 is 4.74 Å². The molecule has 0 radical (unpaired) electrons. The van der Waals surface area contributed by atoms with Gasteiger partial charge < -0.3 is 15.4 Å². The average Bonchev–Trinajstić information content (AvgIpc) is 2.85. The van der Waals surface area contributed by atoms with E-state index in [1.165, 1.54) is 38.5 Å². The molecular formula is C17H31N3O. The van der Waals surface area contributed by atoms with Crippen LogP contribution >= 0.6 is 0 Å². The van der Waals surface area contributed by atoms with Gasteiger partial charge in [0.2, 0.25) is 0 Å². The lowest BCUT2D eigenvalue weighted by Gasteiger charge is -2.17. The zero-order valence-corrected chi connectivity index (χ0v) is 13.4. The zero-order valence-electron chi connectivity index (χ0n) is 13.4. The van der Waals surface area contributed by atoms with Crippen LogP contribution in [0.5, 0.6) is 0 Å². The summed E-state index contributed by atoms with van der Waals surface area (Å²) in [5.74, 6) is 0.927. The summed E-state index contributed by atoms with van der Waals surface area (Å²) < 4.78 is 5.99. The van der Waals surface area contributed by atoms with E-state index in [4.69, 9.17) is 4.74 Å². The molecule has 4 heteroatoms. The minimum atomic E-state index is 0.470. The summed E-state index contributed by atoms with van der Waals surface area (Å²) in [6.45, 7) is 4.48. The Bertz CT molecular complexity index is 325. The van der Waals surface area contributed by atoms with E-state index < -0.39 is 0 Å². The Morgan fingerprint density at radius 2 is 1.86 bits per heavy atom. The molecular weight excluding hydrogens is 262 g/mol. The average molecular weight is 293 g/mol. The van der Waals surface area contributed by atoms with E-state index in [2.05, 4.69) is 34.7 Å². The Morgan fingerprint density at radius 1 is 1.14 bits per heavy atom. The Hall–Kier alpha value is -1.03. The molecule has 2 N–H and O–H groups in total. The first kappa shape index (κ1) is 16.3. The standard InChI is InChI=1S/C17H31N3O/c1-2-18-17(20-15-9-7-8-10-15)19-13-14-21-16-11-5-3-4-6-12-16/h7-8,15-16H,2-6,9-14H2,1H3,(H2,18,19,20). The van der Waals surface area contributed by atoms with Crippen molar-refractivity contribution in [2.75, 3.05) is 19.7 Å². The van der Waals surface area contributed by atoms with Crippen molar-refractivity contribution in [1.82, 2.24) is 10.6 Å². The van der Waals surface area contributed by atoms with Crippen LogP contribution in [0.4, 0.5) is 0 Å². The number of nitrogens with one attached hydrogen (secondary N) is 2. The van der Waals surface area contributed by atoms with Gasteiger partial charge in [0.15, 0.2) is 5.96 Å². The highest BCUT2D eigenvalue weighted by molar-refractivity contribution is 5.80. The summed E-state index contributed by atoms with van der Waals surface area (Å²) >= 11 is 0. The second kappa shape index (κ2) is 9.82. The quantitative estimate of drug-likeness (QED) is 0.260. The molecule has 1 saturated carbocycles. The third-order valence-electron chi connectivity index (χ3n) is 4.21.